The zero-order valence-electron chi connectivity index (χ0n) is 8.20. The first-order valence-corrected chi connectivity index (χ1v) is 5.93. The van der Waals surface area contributed by atoms with Crippen LogP contribution in [0.3, 0.4) is 0 Å². The van der Waals surface area contributed by atoms with Gasteiger partial charge in [0.15, 0.2) is 16.6 Å². The van der Waals surface area contributed by atoms with E-state index in [9.17, 15) is 4.79 Å². The van der Waals surface area contributed by atoms with Crippen LogP contribution in [0.15, 0.2) is 12.2 Å². The predicted octanol–water partition coefficient (Wildman–Crippen LogP) is 2.77. The van der Waals surface area contributed by atoms with E-state index < -0.39 is 0 Å². The number of carbonyl (C=O) groups is 1. The standard InChI is InChI=1S/C10H11ClN2OS/c1-7-2-4-13(5-3-7)10-12-9(11)8(6-14)15-10/h6H,1-5H2. The van der Waals surface area contributed by atoms with Crippen molar-refractivity contribution in [3.63, 3.8) is 0 Å². The van der Waals surface area contributed by atoms with Gasteiger partial charge in [0.1, 0.15) is 4.88 Å². The van der Waals surface area contributed by atoms with Crippen LogP contribution in [-0.2, 0) is 0 Å². The summed E-state index contributed by atoms with van der Waals surface area (Å²) in [6.07, 6.45) is 2.74. The van der Waals surface area contributed by atoms with Gasteiger partial charge in [-0.3, -0.25) is 4.79 Å². The number of carbonyl (C=O) groups excluding carboxylic acids is 1. The average molecular weight is 243 g/mol. The quantitative estimate of drug-likeness (QED) is 0.591. The minimum absolute atomic E-state index is 0.314. The molecule has 0 unspecified atom stereocenters. The minimum atomic E-state index is 0.314. The molecule has 1 aromatic rings. The molecule has 2 heterocycles. The van der Waals surface area contributed by atoms with Crippen molar-refractivity contribution in [1.29, 1.82) is 0 Å². The van der Waals surface area contributed by atoms with E-state index in [1.165, 1.54) is 16.9 Å². The van der Waals surface area contributed by atoms with Gasteiger partial charge in [0.2, 0.25) is 0 Å². The van der Waals surface area contributed by atoms with Crippen LogP contribution < -0.4 is 4.90 Å². The summed E-state index contributed by atoms with van der Waals surface area (Å²) in [5.74, 6) is 0. The number of anilines is 1. The highest BCUT2D eigenvalue weighted by Crippen LogP contribution is 2.30. The molecule has 15 heavy (non-hydrogen) atoms. The molecule has 0 saturated carbocycles. The van der Waals surface area contributed by atoms with E-state index in [2.05, 4.69) is 16.5 Å². The molecule has 0 radical (unpaired) electrons. The molecule has 0 spiro atoms. The Kier molecular flexibility index (Phi) is 3.07. The fraction of sp³-hybridized carbons (Fsp3) is 0.400. The monoisotopic (exact) mass is 242 g/mol. The molecule has 0 amide bonds. The second-order valence-electron chi connectivity index (χ2n) is 3.51. The van der Waals surface area contributed by atoms with Crippen molar-refractivity contribution >= 4 is 34.4 Å². The summed E-state index contributed by atoms with van der Waals surface area (Å²) in [6.45, 7) is 5.79. The summed E-state index contributed by atoms with van der Waals surface area (Å²) in [5.41, 5.74) is 1.28. The van der Waals surface area contributed by atoms with E-state index in [1.807, 2.05) is 0 Å². The van der Waals surface area contributed by atoms with Crippen LogP contribution in [0.25, 0.3) is 0 Å². The number of nitrogens with zero attached hydrogens (tertiary/aromatic N) is 2. The third-order valence-electron chi connectivity index (χ3n) is 2.45. The summed E-state index contributed by atoms with van der Waals surface area (Å²) in [6, 6.07) is 0. The molecule has 1 aliphatic rings. The van der Waals surface area contributed by atoms with Crippen LogP contribution in [0.1, 0.15) is 22.5 Å². The Morgan fingerprint density at radius 1 is 1.47 bits per heavy atom. The van der Waals surface area contributed by atoms with Gasteiger partial charge in [0.05, 0.1) is 0 Å². The molecule has 3 nitrogen and oxygen atoms in total. The topological polar surface area (TPSA) is 33.2 Å². The molecule has 0 aliphatic carbocycles. The molecule has 0 atom stereocenters. The molecule has 1 saturated heterocycles. The van der Waals surface area contributed by atoms with E-state index in [4.69, 9.17) is 11.6 Å². The maximum absolute atomic E-state index is 10.6. The molecular weight excluding hydrogens is 232 g/mol. The summed E-state index contributed by atoms with van der Waals surface area (Å²) < 4.78 is 0. The van der Waals surface area contributed by atoms with Gasteiger partial charge in [-0.15, -0.1) is 0 Å². The van der Waals surface area contributed by atoms with E-state index in [-0.39, 0.29) is 0 Å². The van der Waals surface area contributed by atoms with Crippen LogP contribution >= 0.6 is 22.9 Å². The van der Waals surface area contributed by atoms with Crippen molar-refractivity contribution in [3.8, 4) is 0 Å². The Morgan fingerprint density at radius 2 is 2.13 bits per heavy atom. The van der Waals surface area contributed by atoms with Crippen molar-refractivity contribution in [2.75, 3.05) is 18.0 Å². The van der Waals surface area contributed by atoms with Crippen LogP contribution in [-0.4, -0.2) is 24.4 Å². The predicted molar refractivity (Wildman–Crippen MR) is 63.1 cm³/mol. The fourth-order valence-electron chi connectivity index (χ4n) is 1.52. The highest BCUT2D eigenvalue weighted by molar-refractivity contribution is 7.17. The lowest BCUT2D eigenvalue weighted by Gasteiger charge is -2.27. The lowest BCUT2D eigenvalue weighted by Crippen LogP contribution is -2.30. The van der Waals surface area contributed by atoms with Crippen LogP contribution in [0.5, 0.6) is 0 Å². The zero-order chi connectivity index (χ0) is 10.8. The Morgan fingerprint density at radius 3 is 2.67 bits per heavy atom. The summed E-state index contributed by atoms with van der Waals surface area (Å²) in [5, 5.41) is 1.16. The second kappa shape index (κ2) is 4.33. The van der Waals surface area contributed by atoms with Crippen LogP contribution in [0.2, 0.25) is 5.15 Å². The van der Waals surface area contributed by atoms with Gasteiger partial charge in [0.25, 0.3) is 0 Å². The first-order valence-electron chi connectivity index (χ1n) is 4.74. The lowest BCUT2D eigenvalue weighted by atomic mass is 10.1. The van der Waals surface area contributed by atoms with E-state index in [0.29, 0.717) is 10.0 Å². The highest BCUT2D eigenvalue weighted by Gasteiger charge is 2.18. The molecule has 1 aromatic heterocycles. The smallest absolute Gasteiger partial charge is 0.187 e. The number of hydrogen-bond donors (Lipinski definition) is 0. The number of piperidine rings is 1. The largest absolute Gasteiger partial charge is 0.347 e. The third-order valence-corrected chi connectivity index (χ3v) is 3.89. The van der Waals surface area contributed by atoms with Gasteiger partial charge in [-0.25, -0.2) is 4.98 Å². The van der Waals surface area contributed by atoms with E-state index >= 15 is 0 Å². The van der Waals surface area contributed by atoms with Crippen LogP contribution in [0.4, 0.5) is 5.13 Å². The van der Waals surface area contributed by atoms with Crippen molar-refractivity contribution < 1.29 is 4.79 Å². The normalized spacial score (nSPS) is 16.9. The van der Waals surface area contributed by atoms with E-state index in [1.54, 1.807) is 0 Å². The van der Waals surface area contributed by atoms with Gasteiger partial charge < -0.3 is 4.90 Å². The number of halogens is 1. The maximum atomic E-state index is 10.6. The molecule has 2 rings (SSSR count). The third kappa shape index (κ3) is 2.21. The second-order valence-corrected chi connectivity index (χ2v) is 4.87. The number of hydrogen-bond acceptors (Lipinski definition) is 4. The zero-order valence-corrected chi connectivity index (χ0v) is 9.77. The fourth-order valence-corrected chi connectivity index (χ4v) is 2.64. The molecule has 0 bridgehead atoms. The van der Waals surface area contributed by atoms with Crippen molar-refractivity contribution in [3.05, 3.63) is 22.2 Å². The molecule has 0 N–H and O–H groups in total. The van der Waals surface area contributed by atoms with E-state index in [0.717, 1.165) is 37.3 Å². The van der Waals surface area contributed by atoms with Gasteiger partial charge in [0, 0.05) is 13.1 Å². The SMILES string of the molecule is C=C1CCN(c2nc(Cl)c(C=O)s2)CC1. The number of rotatable bonds is 2. The van der Waals surface area contributed by atoms with Gasteiger partial charge in [-0.05, 0) is 12.8 Å². The Bertz CT molecular complexity index is 392. The van der Waals surface area contributed by atoms with Gasteiger partial charge in [-0.1, -0.05) is 35.1 Å². The molecule has 0 aromatic carbocycles. The average Bonchev–Trinajstić information content (AvgIpc) is 2.61. The summed E-state index contributed by atoms with van der Waals surface area (Å²) in [4.78, 5) is 17.5. The van der Waals surface area contributed by atoms with Crippen molar-refractivity contribution in [1.82, 2.24) is 4.98 Å². The van der Waals surface area contributed by atoms with Crippen LogP contribution in [0, 0.1) is 0 Å². The Hall–Kier alpha value is -0.870. The maximum Gasteiger partial charge on any atom is 0.187 e. The molecule has 1 fully saturated rings. The molecule has 5 heteroatoms. The molecule has 80 valence electrons. The first-order chi connectivity index (χ1) is 7.20. The summed E-state index contributed by atoms with van der Waals surface area (Å²) >= 11 is 7.17. The first kappa shape index (κ1) is 10.6. The van der Waals surface area contributed by atoms with Crippen molar-refractivity contribution in [2.24, 2.45) is 0 Å². The van der Waals surface area contributed by atoms with Gasteiger partial charge in [-0.2, -0.15) is 0 Å². The lowest BCUT2D eigenvalue weighted by molar-refractivity contribution is 0.112. The summed E-state index contributed by atoms with van der Waals surface area (Å²) in [7, 11) is 0. The Labute approximate surface area is 97.4 Å². The molecular formula is C10H11ClN2OS. The minimum Gasteiger partial charge on any atom is -0.347 e. The number of aldehydes is 1. The molecule has 1 aliphatic heterocycles. The van der Waals surface area contributed by atoms with Crippen molar-refractivity contribution in [2.45, 2.75) is 12.8 Å². The number of thiazole rings is 1. The highest BCUT2D eigenvalue weighted by atomic mass is 35.5. The van der Waals surface area contributed by atoms with Gasteiger partial charge >= 0.3 is 0 Å². The number of aromatic nitrogens is 1. The Balaban J connectivity index is 2.15.